The van der Waals surface area contributed by atoms with E-state index in [1.54, 1.807) is 0 Å². The number of ether oxygens (including phenoxy) is 1. The maximum absolute atomic E-state index is 12.4. The highest BCUT2D eigenvalue weighted by Gasteiger charge is 2.12. The molecular formula is C25H41NO2. The molecule has 0 spiro atoms. The summed E-state index contributed by atoms with van der Waals surface area (Å²) in [6, 6.07) is 8.67. The van der Waals surface area contributed by atoms with Crippen molar-refractivity contribution in [1.82, 2.24) is 5.32 Å². The van der Waals surface area contributed by atoms with Crippen molar-refractivity contribution >= 4 is 5.91 Å². The van der Waals surface area contributed by atoms with Gasteiger partial charge in [0.05, 0.1) is 6.61 Å². The maximum Gasteiger partial charge on any atom is 0.220 e. The minimum Gasteiger partial charge on any atom is -0.494 e. The lowest BCUT2D eigenvalue weighted by atomic mass is 9.98. The minimum absolute atomic E-state index is 0.191. The van der Waals surface area contributed by atoms with Crippen LogP contribution in [0.15, 0.2) is 24.3 Å². The van der Waals surface area contributed by atoms with Crippen LogP contribution in [0, 0.1) is 0 Å². The topological polar surface area (TPSA) is 38.3 Å². The Morgan fingerprint density at radius 1 is 0.929 bits per heavy atom. The van der Waals surface area contributed by atoms with Crippen molar-refractivity contribution < 1.29 is 9.53 Å². The summed E-state index contributed by atoms with van der Waals surface area (Å²) in [5.41, 5.74) is 1.32. The van der Waals surface area contributed by atoms with E-state index in [4.69, 9.17) is 4.74 Å². The van der Waals surface area contributed by atoms with Crippen LogP contribution in [0.3, 0.4) is 0 Å². The zero-order chi connectivity index (χ0) is 20.0. The summed E-state index contributed by atoms with van der Waals surface area (Å²) >= 11 is 0. The largest absolute Gasteiger partial charge is 0.494 e. The molecule has 0 aliphatic heterocycles. The van der Waals surface area contributed by atoms with Crippen molar-refractivity contribution in [3.63, 3.8) is 0 Å². The number of carbonyl (C=O) groups is 1. The Hall–Kier alpha value is -1.51. The molecule has 1 N–H and O–H groups in total. The Kier molecular flexibility index (Phi) is 11.1. The van der Waals surface area contributed by atoms with Gasteiger partial charge >= 0.3 is 0 Å². The van der Waals surface area contributed by atoms with Crippen molar-refractivity contribution in [3.8, 4) is 5.75 Å². The van der Waals surface area contributed by atoms with Gasteiger partial charge < -0.3 is 10.1 Å². The Balaban J connectivity index is 1.63. The average molecular weight is 388 g/mol. The molecule has 0 atom stereocenters. The standard InChI is InChI=1S/C25H41NO2/c1-21(2)22-16-18-24(19-17-22)28-20-12-15-25(27)26-23-13-10-8-6-4-3-5-7-9-11-14-23/h16-19,21,23H,3-15,20H2,1-2H3,(H,26,27). The van der Waals surface area contributed by atoms with Gasteiger partial charge in [0.2, 0.25) is 5.91 Å². The van der Waals surface area contributed by atoms with Gasteiger partial charge in [0, 0.05) is 12.5 Å². The molecule has 1 fully saturated rings. The monoisotopic (exact) mass is 387 g/mol. The molecule has 0 unspecified atom stereocenters. The van der Waals surface area contributed by atoms with Crippen LogP contribution in [-0.2, 0) is 4.79 Å². The van der Waals surface area contributed by atoms with Gasteiger partial charge in [-0.1, -0.05) is 83.8 Å². The highest BCUT2D eigenvalue weighted by Crippen LogP contribution is 2.19. The van der Waals surface area contributed by atoms with E-state index < -0.39 is 0 Å². The van der Waals surface area contributed by atoms with Crippen LogP contribution in [0.4, 0.5) is 0 Å². The predicted molar refractivity (Wildman–Crippen MR) is 118 cm³/mol. The first kappa shape index (κ1) is 22.8. The molecule has 0 bridgehead atoms. The molecule has 0 saturated heterocycles. The molecule has 0 aromatic heterocycles. The number of hydrogen-bond acceptors (Lipinski definition) is 2. The number of benzene rings is 1. The first-order chi connectivity index (χ1) is 13.6. The third-order valence-corrected chi connectivity index (χ3v) is 5.83. The fourth-order valence-corrected chi connectivity index (χ4v) is 3.98. The number of hydrogen-bond donors (Lipinski definition) is 1. The van der Waals surface area contributed by atoms with Gasteiger partial charge in [0.15, 0.2) is 0 Å². The maximum atomic E-state index is 12.4. The molecule has 1 amide bonds. The number of rotatable bonds is 7. The molecule has 2 rings (SSSR count). The van der Waals surface area contributed by atoms with E-state index in [1.165, 1.54) is 63.4 Å². The average Bonchev–Trinajstić information content (AvgIpc) is 2.68. The van der Waals surface area contributed by atoms with E-state index >= 15 is 0 Å². The molecule has 1 aliphatic carbocycles. The van der Waals surface area contributed by atoms with Crippen LogP contribution >= 0.6 is 0 Å². The van der Waals surface area contributed by atoms with E-state index in [0.717, 1.165) is 25.0 Å². The van der Waals surface area contributed by atoms with Gasteiger partial charge in [-0.2, -0.15) is 0 Å². The van der Waals surface area contributed by atoms with Crippen molar-refractivity contribution in [2.45, 2.75) is 109 Å². The molecule has 1 aliphatic rings. The van der Waals surface area contributed by atoms with E-state index in [-0.39, 0.29) is 5.91 Å². The lowest BCUT2D eigenvalue weighted by Gasteiger charge is -2.19. The second-order valence-electron chi connectivity index (χ2n) is 8.70. The lowest BCUT2D eigenvalue weighted by molar-refractivity contribution is -0.122. The predicted octanol–water partition coefficient (Wildman–Crippen LogP) is 6.76. The van der Waals surface area contributed by atoms with Gasteiger partial charge in [-0.05, 0) is 42.9 Å². The molecule has 1 saturated carbocycles. The molecule has 3 nitrogen and oxygen atoms in total. The Labute approximate surface area is 172 Å². The number of carbonyl (C=O) groups excluding carboxylic acids is 1. The van der Waals surface area contributed by atoms with E-state index in [9.17, 15) is 4.79 Å². The Morgan fingerprint density at radius 3 is 2.00 bits per heavy atom. The van der Waals surface area contributed by atoms with Gasteiger partial charge in [-0.15, -0.1) is 0 Å². The van der Waals surface area contributed by atoms with Crippen LogP contribution in [0.25, 0.3) is 0 Å². The fraction of sp³-hybridized carbons (Fsp3) is 0.720. The van der Waals surface area contributed by atoms with Crippen LogP contribution in [0.2, 0.25) is 0 Å². The summed E-state index contributed by atoms with van der Waals surface area (Å²) in [6.07, 6.45) is 15.6. The zero-order valence-corrected chi connectivity index (χ0v) is 18.2. The number of nitrogens with one attached hydrogen (secondary N) is 1. The van der Waals surface area contributed by atoms with E-state index in [0.29, 0.717) is 25.0 Å². The third kappa shape index (κ3) is 9.61. The molecule has 3 heteroatoms. The normalized spacial score (nSPS) is 17.5. The Bertz CT molecular complexity index is 526. The molecule has 28 heavy (non-hydrogen) atoms. The van der Waals surface area contributed by atoms with Crippen LogP contribution < -0.4 is 10.1 Å². The molecule has 1 aromatic rings. The van der Waals surface area contributed by atoms with E-state index in [1.807, 2.05) is 12.1 Å². The van der Waals surface area contributed by atoms with Gasteiger partial charge in [0.1, 0.15) is 5.75 Å². The minimum atomic E-state index is 0.191. The molecular weight excluding hydrogens is 346 g/mol. The summed E-state index contributed by atoms with van der Waals surface area (Å²) in [6.45, 7) is 4.98. The van der Waals surface area contributed by atoms with Crippen molar-refractivity contribution in [3.05, 3.63) is 29.8 Å². The van der Waals surface area contributed by atoms with Gasteiger partial charge in [-0.3, -0.25) is 4.79 Å². The second kappa shape index (κ2) is 13.6. The lowest BCUT2D eigenvalue weighted by Crippen LogP contribution is -2.35. The van der Waals surface area contributed by atoms with E-state index in [2.05, 4.69) is 31.3 Å². The van der Waals surface area contributed by atoms with Crippen LogP contribution in [0.1, 0.15) is 109 Å². The van der Waals surface area contributed by atoms with Crippen molar-refractivity contribution in [1.29, 1.82) is 0 Å². The smallest absolute Gasteiger partial charge is 0.220 e. The van der Waals surface area contributed by atoms with Crippen molar-refractivity contribution in [2.75, 3.05) is 6.61 Å². The number of amides is 1. The highest BCUT2D eigenvalue weighted by molar-refractivity contribution is 5.76. The van der Waals surface area contributed by atoms with Gasteiger partial charge in [-0.25, -0.2) is 0 Å². The molecule has 0 radical (unpaired) electrons. The second-order valence-corrected chi connectivity index (χ2v) is 8.70. The molecule has 158 valence electrons. The summed E-state index contributed by atoms with van der Waals surface area (Å²) in [5.74, 6) is 1.62. The van der Waals surface area contributed by atoms with Crippen LogP contribution in [0.5, 0.6) is 5.75 Å². The summed E-state index contributed by atoms with van der Waals surface area (Å²) in [7, 11) is 0. The molecule has 0 heterocycles. The summed E-state index contributed by atoms with van der Waals surface area (Å²) < 4.78 is 5.79. The fourth-order valence-electron chi connectivity index (χ4n) is 3.98. The SMILES string of the molecule is CC(C)c1ccc(OCCCC(=O)NC2CCCCCCCCCCC2)cc1. The molecule has 1 aromatic carbocycles. The van der Waals surface area contributed by atoms with Crippen LogP contribution in [-0.4, -0.2) is 18.6 Å². The third-order valence-electron chi connectivity index (χ3n) is 5.83. The summed E-state index contributed by atoms with van der Waals surface area (Å²) in [4.78, 5) is 12.4. The van der Waals surface area contributed by atoms with Crippen molar-refractivity contribution in [2.24, 2.45) is 0 Å². The highest BCUT2D eigenvalue weighted by atomic mass is 16.5. The first-order valence-electron chi connectivity index (χ1n) is 11.7. The quantitative estimate of drug-likeness (QED) is 0.525. The van der Waals surface area contributed by atoms with Gasteiger partial charge in [0.25, 0.3) is 0 Å². The Morgan fingerprint density at radius 2 is 1.46 bits per heavy atom. The zero-order valence-electron chi connectivity index (χ0n) is 18.2. The first-order valence-corrected chi connectivity index (χ1v) is 11.7. The summed E-state index contributed by atoms with van der Waals surface area (Å²) in [5, 5.41) is 3.29.